The van der Waals surface area contributed by atoms with Crippen LogP contribution in [-0.4, -0.2) is 28.4 Å². The molecule has 33 heavy (non-hydrogen) atoms. The van der Waals surface area contributed by atoms with Crippen LogP contribution in [0.3, 0.4) is 0 Å². The van der Waals surface area contributed by atoms with Gasteiger partial charge in [0.15, 0.2) is 5.82 Å². The van der Waals surface area contributed by atoms with Crippen LogP contribution >= 0.6 is 11.6 Å². The van der Waals surface area contributed by atoms with Gasteiger partial charge in [0, 0.05) is 22.5 Å². The first-order valence-electron chi connectivity index (χ1n) is 10.1. The molecule has 0 saturated heterocycles. The van der Waals surface area contributed by atoms with Crippen molar-refractivity contribution in [2.45, 2.75) is 26.5 Å². The Morgan fingerprint density at radius 3 is 2.21 bits per heavy atom. The van der Waals surface area contributed by atoms with E-state index in [1.807, 2.05) is 20.8 Å². The number of halogens is 1. The second-order valence-electron chi connectivity index (χ2n) is 7.55. The van der Waals surface area contributed by atoms with Gasteiger partial charge in [-0.2, -0.15) is 5.10 Å². The minimum absolute atomic E-state index is 0.154. The predicted octanol–water partition coefficient (Wildman–Crippen LogP) is 4.98. The molecule has 0 aliphatic heterocycles. The molecule has 8 nitrogen and oxygen atoms in total. The molecule has 2 aromatic heterocycles. The first-order valence-corrected chi connectivity index (χ1v) is 12.1. The SMILES string of the molecule is Cc1nn(-c2ccc(Oc3ccc(NS(=O)(=O)Cc4ccc(Cl)cc4)cc3)nn2)c(C)c1C. The molecule has 0 aliphatic carbocycles. The average molecular weight is 484 g/mol. The van der Waals surface area contributed by atoms with E-state index in [2.05, 4.69) is 20.0 Å². The Bertz CT molecular complexity index is 1370. The zero-order valence-corrected chi connectivity index (χ0v) is 19.9. The van der Waals surface area contributed by atoms with Gasteiger partial charge in [0.05, 0.1) is 11.4 Å². The van der Waals surface area contributed by atoms with Crippen molar-refractivity contribution in [3.8, 4) is 17.4 Å². The molecule has 0 radical (unpaired) electrons. The highest BCUT2D eigenvalue weighted by Gasteiger charge is 2.13. The first kappa shape index (κ1) is 22.8. The lowest BCUT2D eigenvalue weighted by Gasteiger charge is -2.10. The van der Waals surface area contributed by atoms with Crippen LogP contribution in [0.25, 0.3) is 5.82 Å². The Kier molecular flexibility index (Phi) is 6.35. The highest BCUT2D eigenvalue weighted by molar-refractivity contribution is 7.91. The van der Waals surface area contributed by atoms with E-state index in [-0.39, 0.29) is 5.75 Å². The number of rotatable bonds is 7. The van der Waals surface area contributed by atoms with Gasteiger partial charge in [0.1, 0.15) is 5.75 Å². The van der Waals surface area contributed by atoms with Crippen molar-refractivity contribution in [1.29, 1.82) is 0 Å². The molecule has 2 aromatic carbocycles. The van der Waals surface area contributed by atoms with Gasteiger partial charge >= 0.3 is 0 Å². The van der Waals surface area contributed by atoms with Gasteiger partial charge in [-0.05, 0) is 74.4 Å². The summed E-state index contributed by atoms with van der Waals surface area (Å²) in [5, 5.41) is 13.3. The summed E-state index contributed by atoms with van der Waals surface area (Å²) in [6.45, 7) is 5.94. The number of hydrogen-bond acceptors (Lipinski definition) is 6. The van der Waals surface area contributed by atoms with Gasteiger partial charge < -0.3 is 4.74 Å². The monoisotopic (exact) mass is 483 g/mol. The van der Waals surface area contributed by atoms with Gasteiger partial charge in [-0.1, -0.05) is 23.7 Å². The summed E-state index contributed by atoms with van der Waals surface area (Å²) in [7, 11) is -3.57. The fourth-order valence-corrected chi connectivity index (χ4v) is 4.48. The maximum Gasteiger partial charge on any atom is 0.238 e. The number of aryl methyl sites for hydroxylation is 1. The molecular weight excluding hydrogens is 462 g/mol. The molecule has 0 unspecified atom stereocenters. The van der Waals surface area contributed by atoms with E-state index in [0.717, 1.165) is 17.0 Å². The molecule has 10 heteroatoms. The molecule has 4 rings (SSSR count). The Morgan fingerprint density at radius 2 is 1.64 bits per heavy atom. The molecule has 170 valence electrons. The summed E-state index contributed by atoms with van der Waals surface area (Å²) >= 11 is 5.84. The van der Waals surface area contributed by atoms with Crippen molar-refractivity contribution in [2.75, 3.05) is 4.72 Å². The molecule has 0 atom stereocenters. The quantitative estimate of drug-likeness (QED) is 0.398. The minimum Gasteiger partial charge on any atom is -0.438 e. The van der Waals surface area contributed by atoms with Crippen molar-refractivity contribution in [3.63, 3.8) is 0 Å². The molecule has 1 N–H and O–H groups in total. The van der Waals surface area contributed by atoms with Crippen LogP contribution in [0.5, 0.6) is 11.6 Å². The molecule has 0 bridgehead atoms. The van der Waals surface area contributed by atoms with Crippen molar-refractivity contribution in [3.05, 3.63) is 88.2 Å². The molecule has 0 spiro atoms. The van der Waals surface area contributed by atoms with E-state index >= 15 is 0 Å². The average Bonchev–Trinajstić information content (AvgIpc) is 3.04. The van der Waals surface area contributed by atoms with Crippen molar-refractivity contribution < 1.29 is 13.2 Å². The number of nitrogens with zero attached hydrogens (tertiary/aromatic N) is 4. The maximum atomic E-state index is 12.4. The fraction of sp³-hybridized carbons (Fsp3) is 0.174. The number of ether oxygens (including phenoxy) is 1. The number of hydrogen-bond donors (Lipinski definition) is 1. The lowest BCUT2D eigenvalue weighted by Crippen LogP contribution is -2.14. The summed E-state index contributed by atoms with van der Waals surface area (Å²) in [5.41, 5.74) is 4.13. The second kappa shape index (κ2) is 9.21. The van der Waals surface area contributed by atoms with Gasteiger partial charge in [0.2, 0.25) is 15.9 Å². The third-order valence-electron chi connectivity index (χ3n) is 5.12. The Labute approximate surface area is 197 Å². The second-order valence-corrected chi connectivity index (χ2v) is 9.71. The van der Waals surface area contributed by atoms with Crippen LogP contribution in [0.4, 0.5) is 5.69 Å². The predicted molar refractivity (Wildman–Crippen MR) is 128 cm³/mol. The molecule has 0 fully saturated rings. The standard InChI is InChI=1S/C23H22ClN5O3S/c1-15-16(2)27-29(17(15)3)22-12-13-23(26-25-22)32-21-10-8-20(9-11-21)28-33(30,31)14-18-4-6-19(24)7-5-18/h4-13,28H,14H2,1-3H3. The lowest BCUT2D eigenvalue weighted by molar-refractivity contribution is 0.454. The summed E-state index contributed by atoms with van der Waals surface area (Å²) in [4.78, 5) is 0. The van der Waals surface area contributed by atoms with Crippen molar-refractivity contribution >= 4 is 27.3 Å². The van der Waals surface area contributed by atoms with Crippen LogP contribution in [0.15, 0.2) is 60.7 Å². The Morgan fingerprint density at radius 1 is 0.939 bits per heavy atom. The van der Waals surface area contributed by atoms with Crippen LogP contribution < -0.4 is 9.46 Å². The van der Waals surface area contributed by atoms with Gasteiger partial charge in [0.25, 0.3) is 0 Å². The van der Waals surface area contributed by atoms with E-state index in [1.54, 1.807) is 65.3 Å². The Hall–Kier alpha value is -3.43. The smallest absolute Gasteiger partial charge is 0.238 e. The molecule has 4 aromatic rings. The number of sulfonamides is 1. The third-order valence-corrected chi connectivity index (χ3v) is 6.63. The summed E-state index contributed by atoms with van der Waals surface area (Å²) in [6, 6.07) is 16.7. The van der Waals surface area contributed by atoms with E-state index in [0.29, 0.717) is 33.7 Å². The highest BCUT2D eigenvalue weighted by Crippen LogP contribution is 2.23. The summed E-state index contributed by atoms with van der Waals surface area (Å²) < 4.78 is 34.9. The van der Waals surface area contributed by atoms with Crippen molar-refractivity contribution in [1.82, 2.24) is 20.0 Å². The van der Waals surface area contributed by atoms with Gasteiger partial charge in [-0.3, -0.25) is 4.72 Å². The van der Waals surface area contributed by atoms with E-state index in [4.69, 9.17) is 16.3 Å². The number of aromatic nitrogens is 4. The molecular formula is C23H22ClN5O3S. The fourth-order valence-electron chi connectivity index (χ4n) is 3.15. The maximum absolute atomic E-state index is 12.4. The zero-order chi connectivity index (χ0) is 23.6. The molecule has 2 heterocycles. The van der Waals surface area contributed by atoms with Gasteiger partial charge in [-0.15, -0.1) is 10.2 Å². The van der Waals surface area contributed by atoms with Gasteiger partial charge in [-0.25, -0.2) is 13.1 Å². The number of nitrogens with one attached hydrogen (secondary N) is 1. The van der Waals surface area contributed by atoms with E-state index in [1.165, 1.54) is 0 Å². The van der Waals surface area contributed by atoms with Crippen LogP contribution in [0.1, 0.15) is 22.5 Å². The summed E-state index contributed by atoms with van der Waals surface area (Å²) in [5.74, 6) is 1.26. The van der Waals surface area contributed by atoms with E-state index in [9.17, 15) is 8.42 Å². The number of anilines is 1. The normalized spacial score (nSPS) is 11.4. The molecule has 0 aliphatic rings. The first-order chi connectivity index (χ1) is 15.7. The Balaban J connectivity index is 1.40. The third kappa shape index (κ3) is 5.50. The molecule has 0 saturated carbocycles. The van der Waals surface area contributed by atoms with E-state index < -0.39 is 10.0 Å². The van der Waals surface area contributed by atoms with Crippen LogP contribution in [0.2, 0.25) is 5.02 Å². The topological polar surface area (TPSA) is 99.0 Å². The van der Waals surface area contributed by atoms with Crippen LogP contribution in [0, 0.1) is 20.8 Å². The van der Waals surface area contributed by atoms with Crippen molar-refractivity contribution in [2.24, 2.45) is 0 Å². The minimum atomic E-state index is -3.57. The number of benzene rings is 2. The zero-order valence-electron chi connectivity index (χ0n) is 18.3. The molecule has 0 amide bonds. The summed E-state index contributed by atoms with van der Waals surface area (Å²) in [6.07, 6.45) is 0. The van der Waals surface area contributed by atoms with Crippen LogP contribution in [-0.2, 0) is 15.8 Å². The highest BCUT2D eigenvalue weighted by atomic mass is 35.5. The lowest BCUT2D eigenvalue weighted by atomic mass is 10.2. The largest absolute Gasteiger partial charge is 0.438 e.